The molecule has 0 unspecified atom stereocenters. The van der Waals surface area contributed by atoms with Crippen LogP contribution < -0.4 is 11.5 Å². The van der Waals surface area contributed by atoms with Crippen molar-refractivity contribution in [3.63, 3.8) is 0 Å². The van der Waals surface area contributed by atoms with Crippen LogP contribution in [0.5, 0.6) is 0 Å². The van der Waals surface area contributed by atoms with Crippen molar-refractivity contribution in [1.82, 2.24) is 54.9 Å². The summed E-state index contributed by atoms with van der Waals surface area (Å²) in [4.78, 5) is 50.0. The van der Waals surface area contributed by atoms with Gasteiger partial charge in [0.1, 0.15) is 18.1 Å². The van der Waals surface area contributed by atoms with Crippen LogP contribution in [-0.4, -0.2) is 83.6 Å². The van der Waals surface area contributed by atoms with E-state index in [2.05, 4.69) is 114 Å². The zero-order valence-electron chi connectivity index (χ0n) is 36.2. The Bertz CT molecular complexity index is 3220. The van der Waals surface area contributed by atoms with Crippen LogP contribution in [0.15, 0.2) is 140 Å². The second-order valence-corrected chi connectivity index (χ2v) is 23.0. The Morgan fingerprint density at radius 2 is 0.932 bits per heavy atom. The van der Waals surface area contributed by atoms with Gasteiger partial charge in [0, 0.05) is 36.4 Å². The van der Waals surface area contributed by atoms with Gasteiger partial charge in [0.25, 0.3) is 0 Å². The van der Waals surface area contributed by atoms with Crippen molar-refractivity contribution in [2.75, 3.05) is 11.5 Å². The summed E-state index contributed by atoms with van der Waals surface area (Å²) in [7, 11) is 9.87. The molecule has 0 spiro atoms. The van der Waals surface area contributed by atoms with Gasteiger partial charge in [-0.15, -0.1) is 5.10 Å². The Kier molecular flexibility index (Phi) is 26.5. The summed E-state index contributed by atoms with van der Waals surface area (Å²) in [6.07, 6.45) is 6.16. The van der Waals surface area contributed by atoms with Gasteiger partial charge in [-0.25, -0.2) is 29.9 Å². The molecule has 0 saturated carbocycles. The topological polar surface area (TPSA) is 272 Å². The predicted molar refractivity (Wildman–Crippen MR) is 301 cm³/mol. The number of nitro groups is 2. The van der Waals surface area contributed by atoms with E-state index in [-0.39, 0.29) is 37.7 Å². The van der Waals surface area contributed by atoms with Crippen LogP contribution in [0.2, 0.25) is 26.3 Å². The van der Waals surface area contributed by atoms with E-state index >= 15 is 0 Å². The van der Waals surface area contributed by atoms with Gasteiger partial charge < -0.3 is 11.5 Å². The first-order chi connectivity index (χ1) is 34.8. The van der Waals surface area contributed by atoms with E-state index in [0.717, 1.165) is 58.5 Å². The van der Waals surface area contributed by atoms with E-state index in [0.29, 0.717) is 35.4 Å². The molecular weight excluding hydrogens is 1470 g/mol. The van der Waals surface area contributed by atoms with Crippen LogP contribution >= 0.6 is 140 Å². The van der Waals surface area contributed by atoms with Gasteiger partial charge in [-0.2, -0.15) is 14.6 Å². The molecule has 0 amide bonds. The first-order valence-electron chi connectivity index (χ1n) is 19.5. The molecule has 0 bridgehead atoms. The number of hydrogen-bond acceptors (Lipinski definition) is 16. The van der Waals surface area contributed by atoms with Crippen LogP contribution in [0.1, 0.15) is 22.5 Å². The number of nitrogens with two attached hydrogens (primary N) is 2. The molecule has 19 nitrogen and oxygen atoms in total. The Morgan fingerprint density at radius 3 is 1.41 bits per heavy atom. The first-order valence-corrected chi connectivity index (χ1v) is 31.8. The van der Waals surface area contributed by atoms with Crippen molar-refractivity contribution in [2.45, 2.75) is 12.8 Å². The quantitative estimate of drug-likeness (QED) is 0.0375. The van der Waals surface area contributed by atoms with Gasteiger partial charge in [-0.3, -0.25) is 20.2 Å². The number of nitrogens with zero attached hydrogens (tertiary/aromatic N) is 13. The standard InChI is InChI=1S/C11H7BrClN3O2.C11H9BrClN3.C10H5BrClN5.C6H6BrN.C4HCl2N3O2.2ClH.Sn/c12-8-3-1-7(2-4-8)5-9-10(16(17)18)6-14-11(13)15-9;12-8-3-1-7(2-4-8)5-10-9(14)6-15-11(13)16-10;11-6-1-3-7(4-2-6)17-9-8(15-16-17)5-13-10(12)14-9;7-5-1-3-6(8)4-2-5;5-3-2(9(10)11)1-7-4(6)8-3;;;/h1-4,6H,5H2;1-4,6H,5,14H2;1-5H;1-4H,8H2;1H;2*1H;/q;;;;;;;+2/p-2. The summed E-state index contributed by atoms with van der Waals surface area (Å²) in [5, 5.41) is 29.0. The van der Waals surface area contributed by atoms with E-state index in [1.54, 1.807) is 10.9 Å². The Labute approximate surface area is 490 Å². The van der Waals surface area contributed by atoms with E-state index in [1.807, 2.05) is 97.1 Å². The molecule has 9 aromatic rings. The maximum absolute atomic E-state index is 10.9. The SMILES string of the molecule is Clc1ncc2nnn(-c3ccc(Br)cc3)c2n1.Nc1ccc(Br)cc1.Nc1cnc(Cl)nc1Cc1ccc(Br)cc1.O=[N+]([O-])c1cnc(Cl)nc1Cc1ccc(Br)cc1.O=[N+]([O-])c1cnc(Cl)nc1Cl.[Cl][Sn][Cl]. The molecule has 0 saturated heterocycles. The Hall–Kier alpha value is -4.25. The van der Waals surface area contributed by atoms with E-state index in [9.17, 15) is 20.2 Å². The average Bonchev–Trinajstić information content (AvgIpc) is 3.77. The minimum atomic E-state index is -0.826. The zero-order valence-corrected chi connectivity index (χ0v) is 50.7. The number of fused-ring (bicyclic) bond motifs is 1. The summed E-state index contributed by atoms with van der Waals surface area (Å²) in [5.41, 5.74) is 17.2. The fraction of sp³-hybridized carbons (Fsp3) is 0.0476. The van der Waals surface area contributed by atoms with Crippen molar-refractivity contribution < 1.29 is 9.85 Å². The van der Waals surface area contributed by atoms with Gasteiger partial charge in [-0.05, 0) is 130 Å². The van der Waals surface area contributed by atoms with Crippen molar-refractivity contribution in [3.05, 3.63) is 209 Å². The third-order valence-corrected chi connectivity index (χ3v) is 11.6. The molecule has 0 aliphatic rings. The van der Waals surface area contributed by atoms with Crippen LogP contribution in [0.3, 0.4) is 0 Å². The zero-order chi connectivity index (χ0) is 53.6. The molecule has 376 valence electrons. The van der Waals surface area contributed by atoms with Gasteiger partial charge >= 0.3 is 48.1 Å². The predicted octanol–water partition coefficient (Wildman–Crippen LogP) is 13.8. The maximum atomic E-state index is 10.9. The van der Waals surface area contributed by atoms with Gasteiger partial charge in [0.15, 0.2) is 11.2 Å². The molecule has 0 atom stereocenters. The Balaban J connectivity index is 0.000000199. The molecule has 31 heteroatoms. The molecule has 0 aliphatic carbocycles. The number of halogens is 11. The summed E-state index contributed by atoms with van der Waals surface area (Å²) < 4.78 is 5.67. The van der Waals surface area contributed by atoms with Crippen LogP contribution in [0.25, 0.3) is 16.9 Å². The summed E-state index contributed by atoms with van der Waals surface area (Å²) in [5.74, 6) is 0. The number of hydrogen-bond donors (Lipinski definition) is 2. The summed E-state index contributed by atoms with van der Waals surface area (Å²) in [6.45, 7) is 0. The average molecular weight is 1490 g/mol. The molecule has 5 aromatic heterocycles. The number of nitrogen functional groups attached to an aromatic ring is 2. The molecular formula is C42H28Br4Cl7N15O4Sn. The molecule has 9 rings (SSSR count). The summed E-state index contributed by atoms with van der Waals surface area (Å²) >= 11 is 40.3. The number of benzene rings is 4. The summed E-state index contributed by atoms with van der Waals surface area (Å²) in [6, 6.07) is 30.6. The van der Waals surface area contributed by atoms with Crippen molar-refractivity contribution in [2.24, 2.45) is 0 Å². The normalized spacial score (nSPS) is 10.1. The van der Waals surface area contributed by atoms with Crippen LogP contribution in [0, 0.1) is 20.2 Å². The van der Waals surface area contributed by atoms with Crippen molar-refractivity contribution in [3.8, 4) is 5.69 Å². The third-order valence-electron chi connectivity index (χ3n) is 8.45. The molecule has 4 aromatic carbocycles. The second kappa shape index (κ2) is 31.6. The van der Waals surface area contributed by atoms with E-state index in [4.69, 9.17) is 87.3 Å². The minimum absolute atomic E-state index is 0.00714. The third kappa shape index (κ3) is 21.5. The number of anilines is 2. The van der Waals surface area contributed by atoms with Crippen molar-refractivity contribution >= 4 is 192 Å². The molecule has 2 radical (unpaired) electrons. The molecule has 5 heterocycles. The second-order valence-electron chi connectivity index (χ2n) is 13.4. The van der Waals surface area contributed by atoms with Crippen LogP contribution in [0.4, 0.5) is 22.7 Å². The van der Waals surface area contributed by atoms with Gasteiger partial charge in [-0.1, -0.05) is 105 Å². The fourth-order valence-corrected chi connectivity index (χ4v) is 7.05. The molecule has 0 aliphatic heterocycles. The van der Waals surface area contributed by atoms with E-state index < -0.39 is 28.7 Å². The first kappa shape index (κ1) is 61.3. The molecule has 4 N–H and O–H groups in total. The monoisotopic (exact) mass is 1490 g/mol. The number of rotatable bonds is 7. The molecule has 0 fully saturated rings. The fourth-order valence-electron chi connectivity index (χ4n) is 5.19. The number of aromatic nitrogens is 11. The van der Waals surface area contributed by atoms with Crippen LogP contribution in [-0.2, 0) is 12.8 Å². The van der Waals surface area contributed by atoms with Gasteiger partial charge in [0.05, 0.1) is 39.3 Å². The van der Waals surface area contributed by atoms with Crippen molar-refractivity contribution in [1.29, 1.82) is 0 Å². The van der Waals surface area contributed by atoms with E-state index in [1.165, 1.54) is 6.20 Å². The molecule has 73 heavy (non-hydrogen) atoms. The van der Waals surface area contributed by atoms with Gasteiger partial charge in [0.2, 0.25) is 26.3 Å². The Morgan fingerprint density at radius 1 is 0.534 bits per heavy atom.